The van der Waals surface area contributed by atoms with Gasteiger partial charge in [-0.2, -0.15) is 0 Å². The van der Waals surface area contributed by atoms with Crippen LogP contribution in [0.3, 0.4) is 0 Å². The molecule has 0 unspecified atom stereocenters. The normalized spacial score (nSPS) is 13.9. The number of aromatic amines is 1. The number of nitrogens with zero attached hydrogens (tertiary/aromatic N) is 3. The van der Waals surface area contributed by atoms with E-state index in [1.807, 2.05) is 0 Å². The van der Waals surface area contributed by atoms with Gasteiger partial charge in [0.2, 0.25) is 5.91 Å². The molecule has 25 heavy (non-hydrogen) atoms. The highest BCUT2D eigenvalue weighted by molar-refractivity contribution is 6.01. The number of anilines is 1. The quantitative estimate of drug-likeness (QED) is 0.848. The van der Waals surface area contributed by atoms with Crippen LogP contribution in [0.5, 0.6) is 0 Å². The van der Waals surface area contributed by atoms with E-state index in [1.165, 1.54) is 23.2 Å². The lowest BCUT2D eigenvalue weighted by atomic mass is 9.98. The summed E-state index contributed by atoms with van der Waals surface area (Å²) in [5, 5.41) is 0. The Balaban J connectivity index is 1.64. The van der Waals surface area contributed by atoms with E-state index in [0.29, 0.717) is 30.2 Å². The molecule has 7 heteroatoms. The third-order valence-electron chi connectivity index (χ3n) is 4.25. The molecule has 0 spiro atoms. The van der Waals surface area contributed by atoms with Crippen molar-refractivity contribution in [2.45, 2.75) is 5.92 Å². The molecular weight excluding hydrogens is 320 g/mol. The van der Waals surface area contributed by atoms with Crippen molar-refractivity contribution in [3.05, 3.63) is 70.9 Å². The standard InChI is InChI=1S/C18H18N4O3/c1-3-16(24)21(2)14-6-4-12(5-7-14)18(25)22-10-13(11-22)17-19-9-8-15(23)20-17/h3-9,13H,1,10-11H2,2H3,(H,19,20,23). The molecule has 0 saturated carbocycles. The molecule has 0 atom stereocenters. The number of aromatic nitrogens is 2. The second-order valence-corrected chi connectivity index (χ2v) is 5.87. The lowest BCUT2D eigenvalue weighted by Crippen LogP contribution is -2.49. The minimum absolute atomic E-state index is 0.0495. The van der Waals surface area contributed by atoms with Crippen LogP contribution in [0.1, 0.15) is 22.1 Å². The largest absolute Gasteiger partial charge is 0.337 e. The summed E-state index contributed by atoms with van der Waals surface area (Å²) in [6.07, 6.45) is 2.71. The van der Waals surface area contributed by atoms with Crippen LogP contribution in [-0.2, 0) is 4.79 Å². The molecule has 1 fully saturated rings. The minimum Gasteiger partial charge on any atom is -0.337 e. The summed E-state index contributed by atoms with van der Waals surface area (Å²) in [6.45, 7) is 4.49. The van der Waals surface area contributed by atoms with Crippen molar-refractivity contribution in [1.82, 2.24) is 14.9 Å². The van der Waals surface area contributed by atoms with Gasteiger partial charge in [-0.1, -0.05) is 6.58 Å². The second kappa shape index (κ2) is 6.72. The van der Waals surface area contributed by atoms with Gasteiger partial charge in [0.05, 0.1) is 5.92 Å². The van der Waals surface area contributed by atoms with Gasteiger partial charge in [-0.05, 0) is 30.3 Å². The molecule has 1 aliphatic rings. The van der Waals surface area contributed by atoms with E-state index >= 15 is 0 Å². The SMILES string of the molecule is C=CC(=O)N(C)c1ccc(C(=O)N2CC(c3nccc(=O)[nH]3)C2)cc1. The Morgan fingerprint density at radius 2 is 1.96 bits per heavy atom. The number of benzene rings is 1. The summed E-state index contributed by atoms with van der Waals surface area (Å²) in [7, 11) is 1.65. The smallest absolute Gasteiger partial charge is 0.253 e. The molecule has 0 radical (unpaired) electrons. The first-order valence-electron chi connectivity index (χ1n) is 7.84. The van der Waals surface area contributed by atoms with Crippen molar-refractivity contribution in [2.75, 3.05) is 25.0 Å². The van der Waals surface area contributed by atoms with Crippen molar-refractivity contribution < 1.29 is 9.59 Å². The molecule has 1 aromatic carbocycles. The maximum Gasteiger partial charge on any atom is 0.253 e. The van der Waals surface area contributed by atoms with Gasteiger partial charge in [-0.3, -0.25) is 14.4 Å². The van der Waals surface area contributed by atoms with Gasteiger partial charge in [0.25, 0.3) is 11.5 Å². The topological polar surface area (TPSA) is 86.4 Å². The van der Waals surface area contributed by atoms with E-state index in [-0.39, 0.29) is 23.3 Å². The van der Waals surface area contributed by atoms with Crippen LogP contribution in [0.25, 0.3) is 0 Å². The Labute approximate surface area is 144 Å². The third kappa shape index (κ3) is 3.35. The predicted molar refractivity (Wildman–Crippen MR) is 93.6 cm³/mol. The zero-order valence-electron chi connectivity index (χ0n) is 13.8. The molecule has 128 valence electrons. The number of hydrogen-bond donors (Lipinski definition) is 1. The predicted octanol–water partition coefficient (Wildman–Crippen LogP) is 1.16. The van der Waals surface area contributed by atoms with Gasteiger partial charge in [-0.25, -0.2) is 4.98 Å². The van der Waals surface area contributed by atoms with Crippen molar-refractivity contribution >= 4 is 17.5 Å². The molecular formula is C18H18N4O3. The Morgan fingerprint density at radius 1 is 1.28 bits per heavy atom. The molecule has 7 nitrogen and oxygen atoms in total. The van der Waals surface area contributed by atoms with E-state index in [2.05, 4.69) is 16.5 Å². The Hall–Kier alpha value is -3.22. The van der Waals surface area contributed by atoms with Gasteiger partial charge >= 0.3 is 0 Å². The van der Waals surface area contributed by atoms with Crippen LogP contribution < -0.4 is 10.5 Å². The molecule has 1 aromatic heterocycles. The van der Waals surface area contributed by atoms with Gasteiger partial charge < -0.3 is 14.8 Å². The number of H-pyrrole nitrogens is 1. The fraction of sp³-hybridized carbons (Fsp3) is 0.222. The Kier molecular flexibility index (Phi) is 4.47. The van der Waals surface area contributed by atoms with Crippen LogP contribution in [-0.4, -0.2) is 46.8 Å². The summed E-state index contributed by atoms with van der Waals surface area (Å²) < 4.78 is 0. The van der Waals surface area contributed by atoms with Crippen LogP contribution in [0.15, 0.2) is 54.0 Å². The number of rotatable bonds is 4. The molecule has 3 rings (SSSR count). The van der Waals surface area contributed by atoms with Gasteiger partial charge in [-0.15, -0.1) is 0 Å². The van der Waals surface area contributed by atoms with Crippen molar-refractivity contribution in [2.24, 2.45) is 0 Å². The summed E-state index contributed by atoms with van der Waals surface area (Å²) in [5.74, 6) is 0.359. The third-order valence-corrected chi connectivity index (χ3v) is 4.25. The number of nitrogens with one attached hydrogen (secondary N) is 1. The van der Waals surface area contributed by atoms with Crippen LogP contribution in [0, 0.1) is 0 Å². The van der Waals surface area contributed by atoms with Gasteiger partial charge in [0.1, 0.15) is 5.82 Å². The molecule has 0 aliphatic carbocycles. The highest BCUT2D eigenvalue weighted by Gasteiger charge is 2.33. The van der Waals surface area contributed by atoms with Gasteiger partial charge in [0.15, 0.2) is 0 Å². The molecule has 2 amide bonds. The summed E-state index contributed by atoms with van der Waals surface area (Å²) >= 11 is 0. The highest BCUT2D eigenvalue weighted by Crippen LogP contribution is 2.26. The zero-order valence-corrected chi connectivity index (χ0v) is 13.8. The maximum absolute atomic E-state index is 12.5. The van der Waals surface area contributed by atoms with E-state index in [9.17, 15) is 14.4 Å². The number of likely N-dealkylation sites (tertiary alicyclic amines) is 1. The van der Waals surface area contributed by atoms with E-state index in [4.69, 9.17) is 0 Å². The molecule has 1 N–H and O–H groups in total. The fourth-order valence-electron chi connectivity index (χ4n) is 2.68. The zero-order chi connectivity index (χ0) is 18.0. The molecule has 1 saturated heterocycles. The van der Waals surface area contributed by atoms with Crippen molar-refractivity contribution in [3.8, 4) is 0 Å². The Morgan fingerprint density at radius 3 is 2.56 bits per heavy atom. The first-order chi connectivity index (χ1) is 12.0. The highest BCUT2D eigenvalue weighted by atomic mass is 16.2. The average Bonchev–Trinajstić information content (AvgIpc) is 2.59. The number of carbonyl (C=O) groups is 2. The summed E-state index contributed by atoms with van der Waals surface area (Å²) in [6, 6.07) is 8.20. The molecule has 1 aliphatic heterocycles. The minimum atomic E-state index is -0.214. The maximum atomic E-state index is 12.5. The lowest BCUT2D eigenvalue weighted by Gasteiger charge is -2.38. The van der Waals surface area contributed by atoms with Crippen LogP contribution in [0.2, 0.25) is 0 Å². The molecule has 2 heterocycles. The first-order valence-corrected chi connectivity index (χ1v) is 7.84. The number of amides is 2. The monoisotopic (exact) mass is 338 g/mol. The van der Waals surface area contributed by atoms with Gasteiger partial charge in [0, 0.05) is 43.7 Å². The van der Waals surface area contributed by atoms with Crippen LogP contribution in [0.4, 0.5) is 5.69 Å². The van der Waals surface area contributed by atoms with E-state index in [0.717, 1.165) is 0 Å². The Bertz CT molecular complexity index is 866. The summed E-state index contributed by atoms with van der Waals surface area (Å²) in [5.41, 5.74) is 1.05. The lowest BCUT2D eigenvalue weighted by molar-refractivity contribution is -0.113. The summed E-state index contributed by atoms with van der Waals surface area (Å²) in [4.78, 5) is 45.4. The average molecular weight is 338 g/mol. The fourth-order valence-corrected chi connectivity index (χ4v) is 2.68. The first kappa shape index (κ1) is 16.6. The van der Waals surface area contributed by atoms with E-state index < -0.39 is 0 Å². The number of carbonyl (C=O) groups excluding carboxylic acids is 2. The molecule has 2 aromatic rings. The second-order valence-electron chi connectivity index (χ2n) is 5.87. The van der Waals surface area contributed by atoms with Crippen molar-refractivity contribution in [1.29, 1.82) is 0 Å². The van der Waals surface area contributed by atoms with Crippen molar-refractivity contribution in [3.63, 3.8) is 0 Å². The molecule has 0 bridgehead atoms. The van der Waals surface area contributed by atoms with E-state index in [1.54, 1.807) is 36.2 Å². The number of hydrogen-bond acceptors (Lipinski definition) is 4. The van der Waals surface area contributed by atoms with Crippen LogP contribution >= 0.6 is 0 Å². The number of likely N-dealkylation sites (N-methyl/N-ethyl adjacent to an activating group) is 1.